The minimum Gasteiger partial charge on any atom is -0.398 e. The molecule has 0 aromatic heterocycles. The molecule has 0 spiro atoms. The number of anilines is 2. The molecule has 10 heteroatoms. The van der Waals surface area contributed by atoms with E-state index in [1.807, 2.05) is 12.1 Å². The maximum atomic E-state index is 13.4. The van der Waals surface area contributed by atoms with Crippen LogP contribution in [0.4, 0.5) is 11.4 Å². The monoisotopic (exact) mass is 572 g/mol. The molecular formula is C31H32N4O5S. The van der Waals surface area contributed by atoms with Crippen molar-refractivity contribution >= 4 is 49.9 Å². The first-order valence-corrected chi connectivity index (χ1v) is 14.7. The first-order chi connectivity index (χ1) is 19.6. The third-order valence-electron chi connectivity index (χ3n) is 6.81. The topological polar surface area (TPSA) is 139 Å². The third kappa shape index (κ3) is 6.90. The normalized spacial score (nSPS) is 12.0. The summed E-state index contributed by atoms with van der Waals surface area (Å²) in [5.41, 5.74) is 7.69. The number of nitrogens with two attached hydrogens (primary N) is 1. The van der Waals surface area contributed by atoms with Crippen molar-refractivity contribution in [2.75, 3.05) is 24.1 Å². The quantitative estimate of drug-likeness (QED) is 0.192. The second-order valence-corrected chi connectivity index (χ2v) is 11.2. The molecule has 4 aromatic carbocycles. The van der Waals surface area contributed by atoms with E-state index in [2.05, 4.69) is 10.0 Å². The molecule has 0 heterocycles. The Morgan fingerprint density at radius 3 is 2.12 bits per heavy atom. The number of hydrogen-bond acceptors (Lipinski definition) is 6. The molecule has 212 valence electrons. The number of nitrogens with zero attached hydrogens (tertiary/aromatic N) is 1. The van der Waals surface area contributed by atoms with Crippen LogP contribution in [0, 0.1) is 5.92 Å². The van der Waals surface area contributed by atoms with Crippen LogP contribution in [0.3, 0.4) is 0 Å². The average Bonchev–Trinajstić information content (AvgIpc) is 2.97. The van der Waals surface area contributed by atoms with Crippen molar-refractivity contribution in [3.63, 3.8) is 0 Å². The van der Waals surface area contributed by atoms with Crippen LogP contribution in [-0.2, 0) is 26.0 Å². The van der Waals surface area contributed by atoms with Crippen molar-refractivity contribution in [1.82, 2.24) is 9.62 Å². The van der Waals surface area contributed by atoms with Crippen LogP contribution in [0.2, 0.25) is 0 Å². The molecule has 4 N–H and O–H groups in total. The molecule has 9 nitrogen and oxygen atoms in total. The fourth-order valence-corrected chi connectivity index (χ4v) is 5.56. The number of para-hydroxylation sites is 1. The minimum absolute atomic E-state index is 0.0335. The van der Waals surface area contributed by atoms with Gasteiger partial charge in [0.2, 0.25) is 11.8 Å². The van der Waals surface area contributed by atoms with Crippen LogP contribution in [0.1, 0.15) is 29.8 Å². The Morgan fingerprint density at radius 2 is 1.46 bits per heavy atom. The second-order valence-electron chi connectivity index (χ2n) is 9.48. The molecule has 0 radical (unpaired) electrons. The van der Waals surface area contributed by atoms with Gasteiger partial charge in [-0.05, 0) is 73.0 Å². The standard InChI is InChI=1S/C31H32N4O5S/c1-3-35(4-2)31(38)27(30(37)34-41(39,40)25-18-15-22-9-5-6-10-23(22)20-25)19-21-13-16-24(17-14-21)33-29(36)26-11-7-8-12-28(26)32/h5-18,20,27H,3-4,19,32H2,1-2H3,(H,33,36)(H,34,37). The lowest BCUT2D eigenvalue weighted by molar-refractivity contribution is -0.141. The van der Waals surface area contributed by atoms with E-state index < -0.39 is 27.8 Å². The van der Waals surface area contributed by atoms with E-state index in [-0.39, 0.29) is 17.2 Å². The number of carbonyl (C=O) groups excluding carboxylic acids is 3. The molecule has 0 saturated heterocycles. The Bertz CT molecular complexity index is 1680. The Kier molecular flexibility index (Phi) is 9.04. The SMILES string of the molecule is CCN(CC)C(=O)C(Cc1ccc(NC(=O)c2ccccc2N)cc1)C(=O)NS(=O)(=O)c1ccc2ccccc2c1. The summed E-state index contributed by atoms with van der Waals surface area (Å²) in [5, 5.41) is 4.34. The number of sulfonamides is 1. The number of carbonyl (C=O) groups is 3. The van der Waals surface area contributed by atoms with Crippen molar-refractivity contribution in [2.45, 2.75) is 25.2 Å². The van der Waals surface area contributed by atoms with Gasteiger partial charge >= 0.3 is 0 Å². The molecule has 0 fully saturated rings. The molecule has 0 aliphatic heterocycles. The highest BCUT2D eigenvalue weighted by Crippen LogP contribution is 2.21. The van der Waals surface area contributed by atoms with Crippen molar-refractivity contribution in [3.8, 4) is 0 Å². The first kappa shape index (κ1) is 29.3. The number of hydrogen-bond donors (Lipinski definition) is 3. The van der Waals surface area contributed by atoms with Crippen LogP contribution >= 0.6 is 0 Å². The van der Waals surface area contributed by atoms with Gasteiger partial charge < -0.3 is 16.0 Å². The van der Waals surface area contributed by atoms with Gasteiger partial charge in [0.15, 0.2) is 0 Å². The number of rotatable bonds is 10. The van der Waals surface area contributed by atoms with Gasteiger partial charge in [-0.15, -0.1) is 0 Å². The highest BCUT2D eigenvalue weighted by molar-refractivity contribution is 7.90. The summed E-state index contributed by atoms with van der Waals surface area (Å²) in [4.78, 5) is 40.7. The van der Waals surface area contributed by atoms with Crippen LogP contribution < -0.4 is 15.8 Å². The lowest BCUT2D eigenvalue weighted by Crippen LogP contribution is -2.46. The third-order valence-corrected chi connectivity index (χ3v) is 8.16. The van der Waals surface area contributed by atoms with Crippen molar-refractivity contribution in [3.05, 3.63) is 102 Å². The zero-order chi connectivity index (χ0) is 29.6. The Balaban J connectivity index is 1.54. The van der Waals surface area contributed by atoms with E-state index in [1.165, 1.54) is 17.0 Å². The van der Waals surface area contributed by atoms with Gasteiger partial charge in [0.25, 0.3) is 15.9 Å². The van der Waals surface area contributed by atoms with E-state index in [9.17, 15) is 22.8 Å². The first-order valence-electron chi connectivity index (χ1n) is 13.2. The summed E-state index contributed by atoms with van der Waals surface area (Å²) in [6, 6.07) is 25.2. The highest BCUT2D eigenvalue weighted by atomic mass is 32.2. The van der Waals surface area contributed by atoms with Crippen molar-refractivity contribution < 1.29 is 22.8 Å². The summed E-state index contributed by atoms with van der Waals surface area (Å²) in [6.45, 7) is 4.31. The molecule has 3 amide bonds. The molecule has 4 rings (SSSR count). The highest BCUT2D eigenvalue weighted by Gasteiger charge is 2.33. The van der Waals surface area contributed by atoms with Crippen molar-refractivity contribution in [2.24, 2.45) is 5.92 Å². The predicted molar refractivity (Wildman–Crippen MR) is 160 cm³/mol. The lowest BCUT2D eigenvalue weighted by atomic mass is 9.97. The predicted octanol–water partition coefficient (Wildman–Crippen LogP) is 4.21. The van der Waals surface area contributed by atoms with Gasteiger partial charge in [-0.1, -0.05) is 54.6 Å². The van der Waals surface area contributed by atoms with Gasteiger partial charge in [-0.25, -0.2) is 13.1 Å². The molecule has 0 saturated carbocycles. The summed E-state index contributed by atoms with van der Waals surface area (Å²) < 4.78 is 28.4. The zero-order valence-corrected chi connectivity index (χ0v) is 23.6. The Morgan fingerprint density at radius 1 is 0.829 bits per heavy atom. The average molecular weight is 573 g/mol. The summed E-state index contributed by atoms with van der Waals surface area (Å²) in [5.74, 6) is -3.04. The smallest absolute Gasteiger partial charge is 0.264 e. The number of amides is 3. The largest absolute Gasteiger partial charge is 0.398 e. The van der Waals surface area contributed by atoms with Gasteiger partial charge in [0.1, 0.15) is 5.92 Å². The van der Waals surface area contributed by atoms with Crippen LogP contribution in [0.5, 0.6) is 0 Å². The Labute approximate surface area is 239 Å². The lowest BCUT2D eigenvalue weighted by Gasteiger charge is -2.25. The van der Waals surface area contributed by atoms with E-state index in [4.69, 9.17) is 5.73 Å². The van der Waals surface area contributed by atoms with Gasteiger partial charge in [0.05, 0.1) is 10.5 Å². The van der Waals surface area contributed by atoms with Crippen LogP contribution in [-0.4, -0.2) is 44.1 Å². The van der Waals surface area contributed by atoms with E-state index in [0.29, 0.717) is 41.0 Å². The number of nitrogen functional groups attached to an aromatic ring is 1. The van der Waals surface area contributed by atoms with Gasteiger partial charge in [0, 0.05) is 24.5 Å². The number of nitrogens with one attached hydrogen (secondary N) is 2. The number of fused-ring (bicyclic) bond motifs is 1. The molecule has 4 aromatic rings. The van der Waals surface area contributed by atoms with E-state index in [0.717, 1.165) is 5.39 Å². The molecule has 0 bridgehead atoms. The molecule has 1 unspecified atom stereocenters. The summed E-state index contributed by atoms with van der Waals surface area (Å²) in [6.07, 6.45) is -0.0335. The van der Waals surface area contributed by atoms with Crippen LogP contribution in [0.25, 0.3) is 10.8 Å². The summed E-state index contributed by atoms with van der Waals surface area (Å²) >= 11 is 0. The maximum absolute atomic E-state index is 13.4. The molecule has 0 aliphatic rings. The van der Waals surface area contributed by atoms with Gasteiger partial charge in [-0.2, -0.15) is 0 Å². The van der Waals surface area contributed by atoms with E-state index in [1.54, 1.807) is 80.6 Å². The van der Waals surface area contributed by atoms with Gasteiger partial charge in [-0.3, -0.25) is 14.4 Å². The minimum atomic E-state index is -4.24. The fraction of sp³-hybridized carbons (Fsp3) is 0.194. The van der Waals surface area contributed by atoms with E-state index >= 15 is 0 Å². The van der Waals surface area contributed by atoms with Crippen LogP contribution in [0.15, 0.2) is 95.9 Å². The fourth-order valence-electron chi connectivity index (χ4n) is 4.51. The second kappa shape index (κ2) is 12.6. The molecule has 0 aliphatic carbocycles. The Hall–Kier alpha value is -4.70. The molecular weight excluding hydrogens is 540 g/mol. The maximum Gasteiger partial charge on any atom is 0.264 e. The molecule has 1 atom stereocenters. The number of benzene rings is 4. The summed E-state index contributed by atoms with van der Waals surface area (Å²) in [7, 11) is -4.24. The van der Waals surface area contributed by atoms with Crippen molar-refractivity contribution in [1.29, 1.82) is 0 Å². The molecule has 41 heavy (non-hydrogen) atoms. The zero-order valence-electron chi connectivity index (χ0n) is 22.8.